The van der Waals surface area contributed by atoms with Crippen LogP contribution in [-0.2, 0) is 4.79 Å². The van der Waals surface area contributed by atoms with Gasteiger partial charge in [0.15, 0.2) is 0 Å². The first-order valence-corrected chi connectivity index (χ1v) is 10.3. The number of benzene rings is 1. The molecule has 4 rings (SSSR count). The highest BCUT2D eigenvalue weighted by molar-refractivity contribution is 5.80. The van der Waals surface area contributed by atoms with Crippen molar-refractivity contribution in [2.75, 3.05) is 39.8 Å². The number of hydrogen-bond acceptors (Lipinski definition) is 5. The van der Waals surface area contributed by atoms with Crippen LogP contribution >= 0.6 is 0 Å². The lowest BCUT2D eigenvalue weighted by Gasteiger charge is -2.38. The third-order valence-corrected chi connectivity index (χ3v) is 6.09. The van der Waals surface area contributed by atoms with Crippen molar-refractivity contribution >= 4 is 16.8 Å². The van der Waals surface area contributed by atoms with E-state index in [1.54, 1.807) is 0 Å². The van der Waals surface area contributed by atoms with Crippen LogP contribution in [0.2, 0.25) is 0 Å². The van der Waals surface area contributed by atoms with Crippen LogP contribution in [0.25, 0.3) is 10.9 Å². The lowest BCUT2D eigenvalue weighted by Crippen LogP contribution is -2.45. The number of rotatable bonds is 5. The SMILES string of the molecule is CN1CCCN(CC(=O)NC(c2cnc3ccccc3c2)C2CC(O)C2)CC1. The second-order valence-corrected chi connectivity index (χ2v) is 8.32. The van der Waals surface area contributed by atoms with E-state index in [0.29, 0.717) is 6.54 Å². The number of likely N-dealkylation sites (N-methyl/N-ethyl adjacent to an activating group) is 1. The molecule has 6 nitrogen and oxygen atoms in total. The van der Waals surface area contributed by atoms with Gasteiger partial charge < -0.3 is 15.3 Å². The molecule has 1 atom stereocenters. The molecule has 1 aromatic heterocycles. The van der Waals surface area contributed by atoms with Crippen molar-refractivity contribution < 1.29 is 9.90 Å². The van der Waals surface area contributed by atoms with Crippen LogP contribution in [0.3, 0.4) is 0 Å². The maximum Gasteiger partial charge on any atom is 0.234 e. The lowest BCUT2D eigenvalue weighted by molar-refractivity contribution is -0.124. The Labute approximate surface area is 166 Å². The quantitative estimate of drug-likeness (QED) is 0.825. The molecule has 1 amide bonds. The van der Waals surface area contributed by atoms with Gasteiger partial charge in [-0.3, -0.25) is 14.7 Å². The molecule has 1 unspecified atom stereocenters. The number of aromatic nitrogens is 1. The minimum Gasteiger partial charge on any atom is -0.393 e. The molecule has 150 valence electrons. The second-order valence-electron chi connectivity index (χ2n) is 8.32. The summed E-state index contributed by atoms with van der Waals surface area (Å²) in [6.07, 6.45) is 4.17. The molecule has 1 aromatic carbocycles. The predicted octanol–water partition coefficient (Wildman–Crippen LogP) is 1.80. The topological polar surface area (TPSA) is 68.7 Å². The Hall–Kier alpha value is -2.02. The monoisotopic (exact) mass is 382 g/mol. The lowest BCUT2D eigenvalue weighted by atomic mass is 9.75. The number of nitrogens with one attached hydrogen (secondary N) is 1. The maximum absolute atomic E-state index is 12.8. The van der Waals surface area contributed by atoms with Gasteiger partial charge in [-0.15, -0.1) is 0 Å². The van der Waals surface area contributed by atoms with Gasteiger partial charge in [0, 0.05) is 24.7 Å². The van der Waals surface area contributed by atoms with Gasteiger partial charge in [-0.25, -0.2) is 0 Å². The highest BCUT2D eigenvalue weighted by Gasteiger charge is 2.36. The van der Waals surface area contributed by atoms with Crippen molar-refractivity contribution in [3.05, 3.63) is 42.1 Å². The molecule has 2 heterocycles. The molecule has 0 bridgehead atoms. The normalized spacial score (nSPS) is 25.1. The third kappa shape index (κ3) is 4.51. The van der Waals surface area contributed by atoms with Crippen LogP contribution in [0, 0.1) is 5.92 Å². The Morgan fingerprint density at radius 1 is 1.25 bits per heavy atom. The van der Waals surface area contributed by atoms with Gasteiger partial charge in [-0.2, -0.15) is 0 Å². The number of hydrogen-bond donors (Lipinski definition) is 2. The minimum atomic E-state index is -0.251. The van der Waals surface area contributed by atoms with Crippen LogP contribution in [-0.4, -0.2) is 71.7 Å². The van der Waals surface area contributed by atoms with Crippen molar-refractivity contribution in [3.63, 3.8) is 0 Å². The molecule has 0 radical (unpaired) electrons. The summed E-state index contributed by atoms with van der Waals surface area (Å²) >= 11 is 0. The predicted molar refractivity (Wildman–Crippen MR) is 110 cm³/mol. The fraction of sp³-hybridized carbons (Fsp3) is 0.545. The number of amides is 1. The summed E-state index contributed by atoms with van der Waals surface area (Å²) in [6.45, 7) is 4.40. The molecule has 2 aliphatic rings. The minimum absolute atomic E-state index is 0.0594. The fourth-order valence-corrected chi connectivity index (χ4v) is 4.31. The summed E-state index contributed by atoms with van der Waals surface area (Å²) < 4.78 is 0. The number of aliphatic hydroxyl groups excluding tert-OH is 1. The molecule has 6 heteroatoms. The van der Waals surface area contributed by atoms with E-state index < -0.39 is 0 Å². The van der Waals surface area contributed by atoms with Gasteiger partial charge in [-0.1, -0.05) is 18.2 Å². The van der Waals surface area contributed by atoms with E-state index in [0.717, 1.165) is 61.9 Å². The number of nitrogens with zero attached hydrogens (tertiary/aromatic N) is 3. The summed E-state index contributed by atoms with van der Waals surface area (Å²) in [6, 6.07) is 10.1. The first-order valence-electron chi connectivity index (χ1n) is 10.3. The Kier molecular flexibility index (Phi) is 5.90. The van der Waals surface area contributed by atoms with E-state index in [4.69, 9.17) is 0 Å². The molecule has 2 aromatic rings. The van der Waals surface area contributed by atoms with Crippen LogP contribution in [0.5, 0.6) is 0 Å². The number of carbonyl (C=O) groups is 1. The molecule has 2 N–H and O–H groups in total. The standard InChI is InChI=1S/C22H30N4O2/c1-25-7-4-8-26(10-9-25)15-21(28)24-22(17-12-19(27)13-17)18-11-16-5-2-3-6-20(16)23-14-18/h2-3,5-6,11,14,17,19,22,27H,4,7-10,12-13,15H2,1H3,(H,24,28). The van der Waals surface area contributed by atoms with Crippen LogP contribution < -0.4 is 5.32 Å². The zero-order valence-corrected chi connectivity index (χ0v) is 16.6. The molecule has 2 fully saturated rings. The first-order chi connectivity index (χ1) is 13.6. The molecule has 0 spiro atoms. The van der Waals surface area contributed by atoms with Gasteiger partial charge >= 0.3 is 0 Å². The summed E-state index contributed by atoms with van der Waals surface area (Å²) in [7, 11) is 2.13. The summed E-state index contributed by atoms with van der Waals surface area (Å²) in [5.41, 5.74) is 1.98. The van der Waals surface area contributed by atoms with Gasteiger partial charge in [0.05, 0.1) is 24.2 Å². The van der Waals surface area contributed by atoms with Crippen LogP contribution in [0.15, 0.2) is 36.5 Å². The Balaban J connectivity index is 1.47. The Morgan fingerprint density at radius 2 is 2.07 bits per heavy atom. The maximum atomic E-state index is 12.8. The van der Waals surface area contributed by atoms with Crippen molar-refractivity contribution in [1.29, 1.82) is 0 Å². The van der Waals surface area contributed by atoms with E-state index in [-0.39, 0.29) is 24.0 Å². The largest absolute Gasteiger partial charge is 0.393 e. The van der Waals surface area contributed by atoms with E-state index in [1.807, 2.05) is 30.5 Å². The zero-order chi connectivity index (χ0) is 19.5. The highest BCUT2D eigenvalue weighted by Crippen LogP contribution is 2.38. The zero-order valence-electron chi connectivity index (χ0n) is 16.6. The van der Waals surface area contributed by atoms with Crippen molar-refractivity contribution in [2.24, 2.45) is 5.92 Å². The van der Waals surface area contributed by atoms with Gasteiger partial charge in [0.25, 0.3) is 0 Å². The van der Waals surface area contributed by atoms with Crippen molar-refractivity contribution in [3.8, 4) is 0 Å². The molecule has 1 saturated carbocycles. The summed E-state index contributed by atoms with van der Waals surface area (Å²) in [5, 5.41) is 14.1. The molecule has 1 aliphatic carbocycles. The van der Waals surface area contributed by atoms with Crippen LogP contribution in [0.4, 0.5) is 0 Å². The molecular formula is C22H30N4O2. The number of fused-ring (bicyclic) bond motifs is 1. The Morgan fingerprint density at radius 3 is 2.89 bits per heavy atom. The highest BCUT2D eigenvalue weighted by atomic mass is 16.3. The fourth-order valence-electron chi connectivity index (χ4n) is 4.31. The smallest absolute Gasteiger partial charge is 0.234 e. The number of pyridine rings is 1. The van der Waals surface area contributed by atoms with Gasteiger partial charge in [0.1, 0.15) is 0 Å². The average Bonchev–Trinajstić information content (AvgIpc) is 2.87. The third-order valence-electron chi connectivity index (χ3n) is 6.09. The van der Waals surface area contributed by atoms with Crippen molar-refractivity contribution in [2.45, 2.75) is 31.4 Å². The summed E-state index contributed by atoms with van der Waals surface area (Å²) in [5.74, 6) is 0.321. The van der Waals surface area contributed by atoms with E-state index >= 15 is 0 Å². The van der Waals surface area contributed by atoms with Crippen molar-refractivity contribution in [1.82, 2.24) is 20.1 Å². The molecule has 1 aliphatic heterocycles. The average molecular weight is 383 g/mol. The Bertz CT molecular complexity index is 821. The number of carbonyl (C=O) groups excluding carboxylic acids is 1. The molecular weight excluding hydrogens is 352 g/mol. The first kappa shape index (κ1) is 19.3. The molecule has 1 saturated heterocycles. The molecule has 28 heavy (non-hydrogen) atoms. The summed E-state index contributed by atoms with van der Waals surface area (Å²) in [4.78, 5) is 22.0. The van der Waals surface area contributed by atoms with Gasteiger partial charge in [0.2, 0.25) is 5.91 Å². The number of aliphatic hydroxyl groups is 1. The van der Waals surface area contributed by atoms with Crippen LogP contribution in [0.1, 0.15) is 30.9 Å². The van der Waals surface area contributed by atoms with E-state index in [1.165, 1.54) is 0 Å². The van der Waals surface area contributed by atoms with E-state index in [2.05, 4.69) is 33.2 Å². The van der Waals surface area contributed by atoms with E-state index in [9.17, 15) is 9.90 Å². The van der Waals surface area contributed by atoms with Gasteiger partial charge in [-0.05, 0) is 63.0 Å². The number of para-hydroxylation sites is 1. The second kappa shape index (κ2) is 8.55.